The van der Waals surface area contributed by atoms with Crippen LogP contribution in [0.5, 0.6) is 0 Å². The predicted molar refractivity (Wildman–Crippen MR) is 81.2 cm³/mol. The molecule has 3 aromatic rings. The highest BCUT2D eigenvalue weighted by Gasteiger charge is 2.04. The molecule has 2 aromatic carbocycles. The topological polar surface area (TPSA) is 43.8 Å². The van der Waals surface area contributed by atoms with Crippen molar-refractivity contribution in [1.29, 1.82) is 0 Å². The molecule has 3 rings (SSSR count). The van der Waals surface area contributed by atoms with Gasteiger partial charge in [0.15, 0.2) is 0 Å². The molecule has 0 spiro atoms. The highest BCUT2D eigenvalue weighted by molar-refractivity contribution is 7.80. The first-order valence-electron chi connectivity index (χ1n) is 6.03. The number of rotatable bonds is 3. The minimum Gasteiger partial charge on any atom is -0.389 e. The molecule has 0 saturated heterocycles. The van der Waals surface area contributed by atoms with Crippen LogP contribution in [0.1, 0.15) is 11.1 Å². The van der Waals surface area contributed by atoms with E-state index < -0.39 is 0 Å². The highest BCUT2D eigenvalue weighted by Crippen LogP contribution is 2.15. The number of aromatic nitrogens is 2. The Morgan fingerprint density at radius 2 is 2.00 bits per heavy atom. The molecule has 0 aliphatic rings. The second-order valence-corrected chi connectivity index (χ2v) is 4.87. The zero-order valence-electron chi connectivity index (χ0n) is 10.3. The molecule has 0 bridgehead atoms. The molecular weight excluding hydrogens is 254 g/mol. The molecule has 94 valence electrons. The average molecular weight is 267 g/mol. The highest BCUT2D eigenvalue weighted by atomic mass is 32.1. The van der Waals surface area contributed by atoms with Gasteiger partial charge in [0.2, 0.25) is 0 Å². The number of benzene rings is 2. The van der Waals surface area contributed by atoms with E-state index in [0.29, 0.717) is 11.5 Å². The van der Waals surface area contributed by atoms with Crippen molar-refractivity contribution in [1.82, 2.24) is 9.78 Å². The standard InChI is InChI=1S/C15H13N3S/c16-15(19)12-6-3-4-11(8-12)10-18-14-7-2-1-5-13(14)9-17-18/h1-9H,10H2,(H2,16,19). The maximum absolute atomic E-state index is 5.66. The zero-order valence-corrected chi connectivity index (χ0v) is 11.1. The fourth-order valence-electron chi connectivity index (χ4n) is 2.15. The Balaban J connectivity index is 1.97. The summed E-state index contributed by atoms with van der Waals surface area (Å²) >= 11 is 5.00. The monoisotopic (exact) mass is 267 g/mol. The fraction of sp³-hybridized carbons (Fsp3) is 0.0667. The van der Waals surface area contributed by atoms with Gasteiger partial charge in [-0.1, -0.05) is 48.6 Å². The van der Waals surface area contributed by atoms with Crippen molar-refractivity contribution in [2.45, 2.75) is 6.54 Å². The third kappa shape index (κ3) is 2.35. The first-order chi connectivity index (χ1) is 9.24. The van der Waals surface area contributed by atoms with Crippen LogP contribution in [0.2, 0.25) is 0 Å². The van der Waals surface area contributed by atoms with E-state index in [1.165, 1.54) is 0 Å². The van der Waals surface area contributed by atoms with E-state index >= 15 is 0 Å². The zero-order chi connectivity index (χ0) is 13.2. The van der Waals surface area contributed by atoms with Crippen LogP contribution in [0.4, 0.5) is 0 Å². The minimum absolute atomic E-state index is 0.423. The van der Waals surface area contributed by atoms with Crippen LogP contribution in [-0.4, -0.2) is 14.8 Å². The summed E-state index contributed by atoms with van der Waals surface area (Å²) in [6.07, 6.45) is 1.88. The summed E-state index contributed by atoms with van der Waals surface area (Å²) in [6, 6.07) is 16.1. The van der Waals surface area contributed by atoms with Gasteiger partial charge in [0.05, 0.1) is 18.3 Å². The molecule has 0 fully saturated rings. The molecule has 0 aliphatic heterocycles. The van der Waals surface area contributed by atoms with Crippen molar-refractivity contribution in [2.75, 3.05) is 0 Å². The van der Waals surface area contributed by atoms with Gasteiger partial charge in [0, 0.05) is 10.9 Å². The van der Waals surface area contributed by atoms with Gasteiger partial charge in [0.1, 0.15) is 4.99 Å². The van der Waals surface area contributed by atoms with E-state index in [4.69, 9.17) is 18.0 Å². The molecule has 0 atom stereocenters. The van der Waals surface area contributed by atoms with Crippen LogP contribution in [0.25, 0.3) is 10.9 Å². The lowest BCUT2D eigenvalue weighted by atomic mass is 10.1. The normalized spacial score (nSPS) is 10.7. The smallest absolute Gasteiger partial charge is 0.103 e. The van der Waals surface area contributed by atoms with E-state index in [9.17, 15) is 0 Å². The largest absolute Gasteiger partial charge is 0.389 e. The third-order valence-corrected chi connectivity index (χ3v) is 3.33. The maximum atomic E-state index is 5.66. The van der Waals surface area contributed by atoms with Gasteiger partial charge in [0.25, 0.3) is 0 Å². The lowest BCUT2D eigenvalue weighted by molar-refractivity contribution is 0.712. The quantitative estimate of drug-likeness (QED) is 0.742. The molecule has 2 N–H and O–H groups in total. The molecule has 3 nitrogen and oxygen atoms in total. The van der Waals surface area contributed by atoms with E-state index in [1.807, 2.05) is 41.2 Å². The number of nitrogens with zero attached hydrogens (tertiary/aromatic N) is 2. The molecule has 4 heteroatoms. The molecular formula is C15H13N3S. The van der Waals surface area contributed by atoms with Gasteiger partial charge in [-0.15, -0.1) is 0 Å². The van der Waals surface area contributed by atoms with E-state index in [-0.39, 0.29) is 0 Å². The Labute approximate surface area is 116 Å². The van der Waals surface area contributed by atoms with Crippen molar-refractivity contribution in [2.24, 2.45) is 5.73 Å². The minimum atomic E-state index is 0.423. The number of nitrogens with two attached hydrogens (primary N) is 1. The molecule has 0 aliphatic carbocycles. The van der Waals surface area contributed by atoms with Crippen molar-refractivity contribution < 1.29 is 0 Å². The number of hydrogen-bond acceptors (Lipinski definition) is 2. The molecule has 0 unspecified atom stereocenters. The van der Waals surface area contributed by atoms with Gasteiger partial charge in [-0.3, -0.25) is 4.68 Å². The van der Waals surface area contributed by atoms with Crippen LogP contribution >= 0.6 is 12.2 Å². The predicted octanol–water partition coefficient (Wildman–Crippen LogP) is 2.72. The lowest BCUT2D eigenvalue weighted by Crippen LogP contribution is -2.10. The molecule has 0 amide bonds. The van der Waals surface area contributed by atoms with Gasteiger partial charge in [-0.05, 0) is 17.7 Å². The van der Waals surface area contributed by atoms with E-state index in [2.05, 4.69) is 23.3 Å². The molecule has 1 aromatic heterocycles. The Hall–Kier alpha value is -2.20. The Morgan fingerprint density at radius 3 is 2.84 bits per heavy atom. The summed E-state index contributed by atoms with van der Waals surface area (Å²) in [5, 5.41) is 5.56. The van der Waals surface area contributed by atoms with E-state index in [0.717, 1.165) is 22.0 Å². The van der Waals surface area contributed by atoms with Crippen molar-refractivity contribution in [3.05, 3.63) is 65.9 Å². The molecule has 0 saturated carbocycles. The van der Waals surface area contributed by atoms with Gasteiger partial charge < -0.3 is 5.73 Å². The summed E-state index contributed by atoms with van der Waals surface area (Å²) in [5.41, 5.74) is 8.81. The van der Waals surface area contributed by atoms with Crippen molar-refractivity contribution in [3.63, 3.8) is 0 Å². The third-order valence-electron chi connectivity index (χ3n) is 3.09. The van der Waals surface area contributed by atoms with Crippen LogP contribution in [0.15, 0.2) is 54.7 Å². The summed E-state index contributed by atoms with van der Waals surface area (Å²) in [4.78, 5) is 0.423. The first-order valence-corrected chi connectivity index (χ1v) is 6.44. The summed E-state index contributed by atoms with van der Waals surface area (Å²) in [6.45, 7) is 0.712. The van der Waals surface area contributed by atoms with Crippen LogP contribution < -0.4 is 5.73 Å². The van der Waals surface area contributed by atoms with E-state index in [1.54, 1.807) is 0 Å². The second-order valence-electron chi connectivity index (χ2n) is 4.43. The van der Waals surface area contributed by atoms with Crippen LogP contribution in [0, 0.1) is 0 Å². The van der Waals surface area contributed by atoms with Gasteiger partial charge in [-0.2, -0.15) is 5.10 Å². The van der Waals surface area contributed by atoms with Crippen LogP contribution in [-0.2, 0) is 6.54 Å². The average Bonchev–Trinajstić information content (AvgIpc) is 2.83. The Kier molecular flexibility index (Phi) is 3.01. The van der Waals surface area contributed by atoms with Gasteiger partial charge >= 0.3 is 0 Å². The molecule has 19 heavy (non-hydrogen) atoms. The lowest BCUT2D eigenvalue weighted by Gasteiger charge is -2.06. The second kappa shape index (κ2) is 4.82. The SMILES string of the molecule is NC(=S)c1cccc(Cn2ncc3ccccc32)c1. The summed E-state index contributed by atoms with van der Waals surface area (Å²) in [5.74, 6) is 0. The Morgan fingerprint density at radius 1 is 1.16 bits per heavy atom. The van der Waals surface area contributed by atoms with Gasteiger partial charge in [-0.25, -0.2) is 0 Å². The van der Waals surface area contributed by atoms with Crippen molar-refractivity contribution in [3.8, 4) is 0 Å². The Bertz CT molecular complexity index is 746. The van der Waals surface area contributed by atoms with Crippen molar-refractivity contribution >= 4 is 28.1 Å². The number of thiocarbonyl (C=S) groups is 1. The summed E-state index contributed by atoms with van der Waals surface area (Å²) in [7, 11) is 0. The fourth-order valence-corrected chi connectivity index (χ4v) is 2.27. The first kappa shape index (κ1) is 11.9. The maximum Gasteiger partial charge on any atom is 0.103 e. The molecule has 1 heterocycles. The molecule has 0 radical (unpaired) electrons. The number of para-hydroxylation sites is 1. The number of hydrogen-bond donors (Lipinski definition) is 1. The number of fused-ring (bicyclic) bond motifs is 1. The summed E-state index contributed by atoms with van der Waals surface area (Å²) < 4.78 is 1.98. The van der Waals surface area contributed by atoms with Crippen LogP contribution in [0.3, 0.4) is 0 Å².